The third kappa shape index (κ3) is 5.30. The van der Waals surface area contributed by atoms with Gasteiger partial charge in [0.05, 0.1) is 24.2 Å². The van der Waals surface area contributed by atoms with Crippen molar-refractivity contribution < 1.29 is 13.2 Å². The van der Waals surface area contributed by atoms with Gasteiger partial charge in [0.2, 0.25) is 0 Å². The van der Waals surface area contributed by atoms with Gasteiger partial charge >= 0.3 is 0 Å². The average molecular weight is 404 g/mol. The number of rotatable bonds is 6. The van der Waals surface area contributed by atoms with Crippen LogP contribution < -0.4 is 5.43 Å². The zero-order valence-electron chi connectivity index (χ0n) is 16.0. The highest BCUT2D eigenvalue weighted by Crippen LogP contribution is 2.17. The summed E-state index contributed by atoms with van der Waals surface area (Å²) in [6.45, 7) is 4.30. The molecule has 2 heterocycles. The lowest BCUT2D eigenvalue weighted by Crippen LogP contribution is -2.41. The standard InChI is InChI=1S/C19H25N5O3S/c1-15-5-7-18(8-6-15)28(25,26)23-19(24-9-11-27-12-10-24)4-2-3-16-13-17(14-20)22-21-16/h5-8,16,21H,2-4,9-13H2,1H3/b23-19+. The van der Waals surface area contributed by atoms with Crippen LogP contribution in [0.1, 0.15) is 31.2 Å². The highest BCUT2D eigenvalue weighted by molar-refractivity contribution is 7.90. The molecule has 2 aliphatic heterocycles. The third-order valence-corrected chi connectivity index (χ3v) is 6.14. The molecule has 9 heteroatoms. The molecule has 1 N–H and O–H groups in total. The predicted molar refractivity (Wildman–Crippen MR) is 107 cm³/mol. The van der Waals surface area contributed by atoms with Crippen molar-refractivity contribution in [2.45, 2.75) is 43.5 Å². The van der Waals surface area contributed by atoms with Gasteiger partial charge in [-0.1, -0.05) is 17.7 Å². The van der Waals surface area contributed by atoms with E-state index in [-0.39, 0.29) is 10.9 Å². The van der Waals surface area contributed by atoms with Crippen molar-refractivity contribution in [1.29, 1.82) is 5.26 Å². The molecule has 0 aromatic heterocycles. The van der Waals surface area contributed by atoms with Crippen LogP contribution in [0.5, 0.6) is 0 Å². The molecule has 0 spiro atoms. The molecule has 1 atom stereocenters. The quantitative estimate of drug-likeness (QED) is 0.574. The number of nitrogens with zero attached hydrogens (tertiary/aromatic N) is 4. The number of hydrogen-bond acceptors (Lipinski definition) is 6. The van der Waals surface area contributed by atoms with Crippen molar-refractivity contribution in [3.05, 3.63) is 29.8 Å². The van der Waals surface area contributed by atoms with Gasteiger partial charge in [0.15, 0.2) is 0 Å². The van der Waals surface area contributed by atoms with E-state index in [4.69, 9.17) is 10.00 Å². The first kappa shape index (κ1) is 20.3. The van der Waals surface area contributed by atoms with Crippen LogP contribution in [-0.2, 0) is 14.8 Å². The molecule has 0 bridgehead atoms. The van der Waals surface area contributed by atoms with Crippen molar-refractivity contribution in [1.82, 2.24) is 10.3 Å². The number of sulfonamides is 1. The molecule has 1 aromatic rings. The fraction of sp³-hybridized carbons (Fsp3) is 0.526. The van der Waals surface area contributed by atoms with Crippen LogP contribution in [0.15, 0.2) is 38.7 Å². The monoisotopic (exact) mass is 403 g/mol. The summed E-state index contributed by atoms with van der Waals surface area (Å²) in [5, 5.41) is 12.9. The fourth-order valence-corrected chi connectivity index (χ4v) is 4.29. The topological polar surface area (TPSA) is 107 Å². The number of morpholine rings is 1. The highest BCUT2D eigenvalue weighted by Gasteiger charge is 2.22. The Hall–Kier alpha value is -2.44. The Morgan fingerprint density at radius 1 is 1.36 bits per heavy atom. The molecule has 0 amide bonds. The van der Waals surface area contributed by atoms with Gasteiger partial charge in [-0.2, -0.15) is 18.8 Å². The van der Waals surface area contributed by atoms with Crippen LogP contribution in [0.25, 0.3) is 0 Å². The molecule has 2 aliphatic rings. The van der Waals surface area contributed by atoms with E-state index in [1.165, 1.54) is 0 Å². The van der Waals surface area contributed by atoms with Crippen LogP contribution in [-0.4, -0.2) is 57.2 Å². The van der Waals surface area contributed by atoms with E-state index in [9.17, 15) is 8.42 Å². The summed E-state index contributed by atoms with van der Waals surface area (Å²) in [6, 6.07) is 8.91. The first-order chi connectivity index (χ1) is 13.5. The zero-order valence-corrected chi connectivity index (χ0v) is 16.8. The predicted octanol–water partition coefficient (Wildman–Crippen LogP) is 1.83. The summed E-state index contributed by atoms with van der Waals surface area (Å²) in [5.74, 6) is 0.572. The second-order valence-corrected chi connectivity index (χ2v) is 8.59. The summed E-state index contributed by atoms with van der Waals surface area (Å²) in [7, 11) is -3.76. The van der Waals surface area contributed by atoms with Crippen molar-refractivity contribution in [3.63, 3.8) is 0 Å². The van der Waals surface area contributed by atoms with Crippen molar-refractivity contribution in [2.75, 3.05) is 26.3 Å². The highest BCUT2D eigenvalue weighted by atomic mass is 32.2. The smallest absolute Gasteiger partial charge is 0.283 e. The molecule has 150 valence electrons. The minimum Gasteiger partial charge on any atom is -0.378 e. The van der Waals surface area contributed by atoms with E-state index in [2.05, 4.69) is 21.0 Å². The van der Waals surface area contributed by atoms with Crippen LogP contribution in [0.4, 0.5) is 0 Å². The maximum atomic E-state index is 12.8. The fourth-order valence-electron chi connectivity index (χ4n) is 3.22. The summed E-state index contributed by atoms with van der Waals surface area (Å²) >= 11 is 0. The molecule has 28 heavy (non-hydrogen) atoms. The Balaban J connectivity index is 1.70. The molecule has 1 aromatic carbocycles. The van der Waals surface area contributed by atoms with Gasteiger partial charge in [-0.15, -0.1) is 4.40 Å². The van der Waals surface area contributed by atoms with Gasteiger partial charge in [-0.3, -0.25) is 0 Å². The summed E-state index contributed by atoms with van der Waals surface area (Å²) in [6.07, 6.45) is 2.71. The number of aryl methyl sites for hydroxylation is 1. The third-order valence-electron chi connectivity index (χ3n) is 4.82. The number of nitriles is 1. The number of hydrazone groups is 1. The van der Waals surface area contributed by atoms with E-state index < -0.39 is 10.0 Å². The van der Waals surface area contributed by atoms with E-state index >= 15 is 0 Å². The molecule has 1 fully saturated rings. The molecule has 1 unspecified atom stereocenters. The molecular formula is C19H25N5O3S. The van der Waals surface area contributed by atoms with Gasteiger partial charge in [-0.05, 0) is 31.9 Å². The number of hydrogen-bond donors (Lipinski definition) is 1. The maximum Gasteiger partial charge on any atom is 0.283 e. The van der Waals surface area contributed by atoms with Crippen LogP contribution >= 0.6 is 0 Å². The van der Waals surface area contributed by atoms with E-state index in [0.29, 0.717) is 50.7 Å². The normalized spacial score (nSPS) is 20.4. The van der Waals surface area contributed by atoms with Crippen LogP contribution in [0.3, 0.4) is 0 Å². The summed E-state index contributed by atoms with van der Waals surface area (Å²) in [4.78, 5) is 2.20. The molecule has 3 rings (SSSR count). The first-order valence-corrected chi connectivity index (χ1v) is 10.9. The lowest BCUT2D eigenvalue weighted by atomic mass is 10.1. The SMILES string of the molecule is Cc1ccc(S(=O)(=O)/N=C(\CCCC2CC(C#N)=NN2)N2CCOCC2)cc1. The van der Waals surface area contributed by atoms with Crippen molar-refractivity contribution in [2.24, 2.45) is 9.50 Å². The summed E-state index contributed by atoms with van der Waals surface area (Å²) < 4.78 is 35.1. The molecule has 0 aliphatic carbocycles. The Kier molecular flexibility index (Phi) is 6.65. The maximum absolute atomic E-state index is 12.8. The second kappa shape index (κ2) is 9.17. The molecular weight excluding hydrogens is 378 g/mol. The van der Waals surface area contributed by atoms with Gasteiger partial charge < -0.3 is 15.1 Å². The van der Waals surface area contributed by atoms with Crippen LogP contribution in [0, 0.1) is 18.3 Å². The molecule has 1 saturated heterocycles. The average Bonchev–Trinajstić information content (AvgIpc) is 3.16. The second-order valence-electron chi connectivity index (χ2n) is 6.99. The summed E-state index contributed by atoms with van der Waals surface area (Å²) in [5.41, 5.74) is 4.47. The molecule has 8 nitrogen and oxygen atoms in total. The largest absolute Gasteiger partial charge is 0.378 e. The van der Waals surface area contributed by atoms with Gasteiger partial charge in [0, 0.05) is 25.9 Å². The Bertz CT molecular complexity index is 881. The van der Waals surface area contributed by atoms with E-state index in [1.54, 1.807) is 24.3 Å². The van der Waals surface area contributed by atoms with Crippen molar-refractivity contribution >= 4 is 21.6 Å². The Labute approximate surface area is 166 Å². The minimum absolute atomic E-state index is 0.120. The number of nitrogens with one attached hydrogen (secondary N) is 1. The molecule has 0 radical (unpaired) electrons. The first-order valence-electron chi connectivity index (χ1n) is 9.43. The Morgan fingerprint density at radius 2 is 2.07 bits per heavy atom. The number of amidine groups is 1. The van der Waals surface area contributed by atoms with E-state index in [0.717, 1.165) is 18.4 Å². The van der Waals surface area contributed by atoms with Gasteiger partial charge in [0.25, 0.3) is 10.0 Å². The number of benzene rings is 1. The lowest BCUT2D eigenvalue weighted by Gasteiger charge is -2.30. The number of ether oxygens (including phenoxy) is 1. The van der Waals surface area contributed by atoms with Crippen LogP contribution in [0.2, 0.25) is 0 Å². The lowest BCUT2D eigenvalue weighted by molar-refractivity contribution is 0.0672. The Morgan fingerprint density at radius 3 is 2.71 bits per heavy atom. The zero-order chi connectivity index (χ0) is 20.0. The molecule has 0 saturated carbocycles. The van der Waals surface area contributed by atoms with Gasteiger partial charge in [-0.25, -0.2) is 0 Å². The van der Waals surface area contributed by atoms with Gasteiger partial charge in [0.1, 0.15) is 17.6 Å². The van der Waals surface area contributed by atoms with Crippen molar-refractivity contribution in [3.8, 4) is 6.07 Å². The van der Waals surface area contributed by atoms with E-state index in [1.807, 2.05) is 11.8 Å². The minimum atomic E-state index is -3.76.